The minimum Gasteiger partial charge on any atom is -0.493 e. The van der Waals surface area contributed by atoms with Crippen LogP contribution in [0.25, 0.3) is 10.4 Å². The maximum atomic E-state index is 12.3. The molecule has 2 aromatic rings. The lowest BCUT2D eigenvalue weighted by molar-refractivity contribution is 0.0242. The van der Waals surface area contributed by atoms with E-state index in [9.17, 15) is 4.79 Å². The summed E-state index contributed by atoms with van der Waals surface area (Å²) in [5, 5.41) is 2.12. The lowest BCUT2D eigenvalue weighted by Gasteiger charge is -2.24. The van der Waals surface area contributed by atoms with Gasteiger partial charge in [-0.2, -0.15) is 0 Å². The average molecular weight is 361 g/mol. The van der Waals surface area contributed by atoms with Crippen molar-refractivity contribution in [3.63, 3.8) is 0 Å². The molecule has 1 aliphatic rings. The molecule has 0 aliphatic carbocycles. The molecule has 0 spiro atoms. The van der Waals surface area contributed by atoms with Gasteiger partial charge in [0, 0.05) is 4.88 Å². The van der Waals surface area contributed by atoms with E-state index in [1.165, 1.54) is 11.1 Å². The Morgan fingerprint density at radius 1 is 1.12 bits per heavy atom. The van der Waals surface area contributed by atoms with Crippen LogP contribution in [0.2, 0.25) is 0 Å². The molecule has 1 aliphatic heterocycles. The number of carbonyl (C=O) groups is 1. The van der Waals surface area contributed by atoms with Gasteiger partial charge in [-0.15, -0.1) is 11.3 Å². The van der Waals surface area contributed by atoms with Crippen molar-refractivity contribution in [2.24, 2.45) is 0 Å². The number of ether oxygens (including phenoxy) is 3. The molecular weight excluding hydrogens is 338 g/mol. The Bertz CT molecular complexity index is 791. The number of carbonyl (C=O) groups excluding carboxylic acids is 1. The van der Waals surface area contributed by atoms with E-state index < -0.39 is 5.60 Å². The number of benzene rings is 1. The van der Waals surface area contributed by atoms with Crippen LogP contribution < -0.4 is 9.47 Å². The zero-order valence-electron chi connectivity index (χ0n) is 15.2. The van der Waals surface area contributed by atoms with Gasteiger partial charge in [0.15, 0.2) is 11.5 Å². The van der Waals surface area contributed by atoms with Crippen LogP contribution in [0.4, 0.5) is 4.79 Å². The summed E-state index contributed by atoms with van der Waals surface area (Å²) in [7, 11) is 3.25. The SMILES string of the molecule is COc1ccc(-c2scc3c2CN(C(=O)OC(C)(C)C)C3)cc1OC. The van der Waals surface area contributed by atoms with Gasteiger partial charge in [0.05, 0.1) is 27.3 Å². The normalized spacial score (nSPS) is 13.6. The van der Waals surface area contributed by atoms with Gasteiger partial charge in [0.1, 0.15) is 5.60 Å². The number of amides is 1. The van der Waals surface area contributed by atoms with E-state index in [1.807, 2.05) is 39.0 Å². The topological polar surface area (TPSA) is 48.0 Å². The fourth-order valence-electron chi connectivity index (χ4n) is 2.85. The molecule has 3 rings (SSSR count). The van der Waals surface area contributed by atoms with Crippen molar-refractivity contribution in [2.45, 2.75) is 39.5 Å². The Kier molecular flexibility index (Phi) is 4.64. The lowest BCUT2D eigenvalue weighted by atomic mass is 10.1. The van der Waals surface area contributed by atoms with Gasteiger partial charge in [-0.3, -0.25) is 4.90 Å². The Morgan fingerprint density at radius 2 is 1.84 bits per heavy atom. The molecule has 25 heavy (non-hydrogen) atoms. The van der Waals surface area contributed by atoms with E-state index in [0.29, 0.717) is 24.6 Å². The van der Waals surface area contributed by atoms with Gasteiger partial charge in [0.2, 0.25) is 0 Å². The van der Waals surface area contributed by atoms with Gasteiger partial charge in [-0.1, -0.05) is 0 Å². The monoisotopic (exact) mass is 361 g/mol. The highest BCUT2D eigenvalue weighted by Gasteiger charge is 2.30. The first-order valence-electron chi connectivity index (χ1n) is 8.12. The quantitative estimate of drug-likeness (QED) is 0.796. The van der Waals surface area contributed by atoms with Crippen LogP contribution >= 0.6 is 11.3 Å². The third-order valence-corrected chi connectivity index (χ3v) is 5.11. The van der Waals surface area contributed by atoms with Crippen LogP contribution in [-0.2, 0) is 17.8 Å². The van der Waals surface area contributed by atoms with Gasteiger partial charge in [-0.05, 0) is 61.0 Å². The predicted octanol–water partition coefficient (Wildman–Crippen LogP) is 4.68. The summed E-state index contributed by atoms with van der Waals surface area (Å²) >= 11 is 1.69. The molecule has 5 nitrogen and oxygen atoms in total. The molecule has 1 amide bonds. The standard InChI is InChI=1S/C19H23NO4S/c1-19(2,3)24-18(21)20-9-13-11-25-17(14(13)10-20)12-6-7-15(22-4)16(8-12)23-5/h6-8,11H,9-10H2,1-5H3. The van der Waals surface area contributed by atoms with Crippen molar-refractivity contribution in [1.82, 2.24) is 4.90 Å². The number of methoxy groups -OCH3 is 2. The smallest absolute Gasteiger partial charge is 0.410 e. The highest BCUT2D eigenvalue weighted by molar-refractivity contribution is 7.14. The summed E-state index contributed by atoms with van der Waals surface area (Å²) in [6.45, 7) is 6.80. The van der Waals surface area contributed by atoms with E-state index in [4.69, 9.17) is 14.2 Å². The molecule has 0 unspecified atom stereocenters. The number of hydrogen-bond acceptors (Lipinski definition) is 5. The Labute approximate surface area is 152 Å². The summed E-state index contributed by atoms with van der Waals surface area (Å²) in [4.78, 5) is 15.2. The third kappa shape index (κ3) is 3.58. The molecule has 6 heteroatoms. The van der Waals surface area contributed by atoms with E-state index in [2.05, 4.69) is 5.38 Å². The summed E-state index contributed by atoms with van der Waals surface area (Å²) in [5.74, 6) is 1.40. The Morgan fingerprint density at radius 3 is 2.48 bits per heavy atom. The molecule has 0 saturated carbocycles. The Hall–Kier alpha value is -2.21. The van der Waals surface area contributed by atoms with Crippen molar-refractivity contribution in [2.75, 3.05) is 14.2 Å². The molecular formula is C19H23NO4S. The third-order valence-electron chi connectivity index (χ3n) is 3.99. The number of thiophene rings is 1. The first-order valence-corrected chi connectivity index (χ1v) is 9.00. The summed E-state index contributed by atoms with van der Waals surface area (Å²) in [6, 6.07) is 5.89. The van der Waals surface area contributed by atoms with Crippen LogP contribution in [-0.4, -0.2) is 30.8 Å². The van der Waals surface area contributed by atoms with Crippen molar-refractivity contribution in [1.29, 1.82) is 0 Å². The molecule has 134 valence electrons. The van der Waals surface area contributed by atoms with E-state index in [0.717, 1.165) is 10.4 Å². The largest absolute Gasteiger partial charge is 0.493 e. The second-order valence-electron chi connectivity index (χ2n) is 6.97. The second-order valence-corrected chi connectivity index (χ2v) is 7.85. The fraction of sp³-hybridized carbons (Fsp3) is 0.421. The lowest BCUT2D eigenvalue weighted by Crippen LogP contribution is -2.33. The minimum absolute atomic E-state index is 0.271. The molecule has 1 aromatic heterocycles. The molecule has 2 heterocycles. The fourth-order valence-corrected chi connectivity index (χ4v) is 3.93. The predicted molar refractivity (Wildman–Crippen MR) is 98.3 cm³/mol. The maximum Gasteiger partial charge on any atom is 0.410 e. The number of hydrogen-bond donors (Lipinski definition) is 0. The summed E-state index contributed by atoms with van der Waals surface area (Å²) in [5.41, 5.74) is 2.94. The first-order chi connectivity index (χ1) is 11.8. The number of rotatable bonds is 3. The summed E-state index contributed by atoms with van der Waals surface area (Å²) in [6.07, 6.45) is -0.271. The number of fused-ring (bicyclic) bond motifs is 1. The van der Waals surface area contributed by atoms with Crippen molar-refractivity contribution in [3.05, 3.63) is 34.7 Å². The number of nitrogens with zero attached hydrogens (tertiary/aromatic N) is 1. The summed E-state index contributed by atoms with van der Waals surface area (Å²) < 4.78 is 16.2. The Balaban J connectivity index is 1.85. The van der Waals surface area contributed by atoms with Crippen LogP contribution in [0.15, 0.2) is 23.6 Å². The van der Waals surface area contributed by atoms with Gasteiger partial charge >= 0.3 is 6.09 Å². The molecule has 0 radical (unpaired) electrons. The molecule has 0 fully saturated rings. The van der Waals surface area contributed by atoms with Gasteiger partial charge < -0.3 is 14.2 Å². The molecule has 0 N–H and O–H groups in total. The van der Waals surface area contributed by atoms with Gasteiger partial charge in [-0.25, -0.2) is 4.79 Å². The zero-order valence-corrected chi connectivity index (χ0v) is 16.0. The molecule has 1 aromatic carbocycles. The van der Waals surface area contributed by atoms with E-state index in [1.54, 1.807) is 30.5 Å². The average Bonchev–Trinajstić information content (AvgIpc) is 3.13. The highest BCUT2D eigenvalue weighted by Crippen LogP contribution is 2.41. The first kappa shape index (κ1) is 17.6. The zero-order chi connectivity index (χ0) is 18.2. The minimum atomic E-state index is -0.488. The van der Waals surface area contributed by atoms with Crippen molar-refractivity contribution >= 4 is 17.4 Å². The van der Waals surface area contributed by atoms with E-state index in [-0.39, 0.29) is 6.09 Å². The van der Waals surface area contributed by atoms with Crippen LogP contribution in [0, 0.1) is 0 Å². The van der Waals surface area contributed by atoms with Crippen molar-refractivity contribution in [3.8, 4) is 21.9 Å². The second kappa shape index (κ2) is 6.59. The highest BCUT2D eigenvalue weighted by atomic mass is 32.1. The van der Waals surface area contributed by atoms with Crippen LogP contribution in [0.5, 0.6) is 11.5 Å². The van der Waals surface area contributed by atoms with Crippen LogP contribution in [0.3, 0.4) is 0 Å². The van der Waals surface area contributed by atoms with Gasteiger partial charge in [0.25, 0.3) is 0 Å². The van der Waals surface area contributed by atoms with Crippen molar-refractivity contribution < 1.29 is 19.0 Å². The molecule has 0 bridgehead atoms. The van der Waals surface area contributed by atoms with Crippen LogP contribution in [0.1, 0.15) is 31.9 Å². The van der Waals surface area contributed by atoms with E-state index >= 15 is 0 Å². The maximum absolute atomic E-state index is 12.3. The molecule has 0 saturated heterocycles. The molecule has 0 atom stereocenters.